The largest absolute Gasteiger partial charge is 0.423 e. The summed E-state index contributed by atoms with van der Waals surface area (Å²) < 4.78 is 4.98. The molecule has 2 rings (SSSR count). The molecule has 0 unspecified atom stereocenters. The van der Waals surface area contributed by atoms with Gasteiger partial charge >= 0.3 is 11.4 Å². The average Bonchev–Trinajstić information content (AvgIpc) is 2.47. The summed E-state index contributed by atoms with van der Waals surface area (Å²) in [5, 5.41) is 42.6. The SMILES string of the molecule is O=[N+]([O-])c1cc([N+](=O)[O-])c(Oc2ccnnn2)c([N+](=O)[O-])c1. The highest BCUT2D eigenvalue weighted by Crippen LogP contribution is 2.42. The van der Waals surface area contributed by atoms with Crippen LogP contribution in [-0.2, 0) is 0 Å². The third-order valence-electron chi connectivity index (χ3n) is 2.32. The number of non-ortho nitro benzene ring substituents is 1. The Morgan fingerprint density at radius 1 is 0.955 bits per heavy atom. The van der Waals surface area contributed by atoms with Crippen LogP contribution in [0.25, 0.3) is 0 Å². The van der Waals surface area contributed by atoms with Gasteiger partial charge in [-0.3, -0.25) is 30.3 Å². The molecule has 0 saturated carbocycles. The Morgan fingerprint density at radius 2 is 1.55 bits per heavy atom. The highest BCUT2D eigenvalue weighted by molar-refractivity contribution is 5.66. The van der Waals surface area contributed by atoms with Crippen molar-refractivity contribution in [3.8, 4) is 11.6 Å². The highest BCUT2D eigenvalue weighted by atomic mass is 16.6. The van der Waals surface area contributed by atoms with Crippen molar-refractivity contribution in [1.29, 1.82) is 0 Å². The first-order valence-corrected chi connectivity index (χ1v) is 5.33. The smallest absolute Gasteiger partial charge is 0.325 e. The second-order valence-corrected chi connectivity index (χ2v) is 3.65. The summed E-state index contributed by atoms with van der Waals surface area (Å²) in [5.41, 5.74) is -2.70. The zero-order valence-electron chi connectivity index (χ0n) is 10.4. The maximum Gasteiger partial charge on any atom is 0.325 e. The summed E-state index contributed by atoms with van der Waals surface area (Å²) in [6.45, 7) is 0. The number of benzene rings is 1. The van der Waals surface area contributed by atoms with Crippen molar-refractivity contribution in [2.24, 2.45) is 0 Å². The van der Waals surface area contributed by atoms with Gasteiger partial charge in [-0.2, -0.15) is 0 Å². The van der Waals surface area contributed by atoms with Crippen LogP contribution < -0.4 is 4.74 Å². The van der Waals surface area contributed by atoms with E-state index < -0.39 is 37.6 Å². The molecule has 0 radical (unpaired) electrons. The minimum atomic E-state index is -1.04. The molecular weight excluding hydrogens is 304 g/mol. The van der Waals surface area contributed by atoms with Gasteiger partial charge in [-0.1, -0.05) is 5.10 Å². The fraction of sp³-hybridized carbons (Fsp3) is 0. The van der Waals surface area contributed by atoms with Crippen molar-refractivity contribution in [3.05, 3.63) is 54.7 Å². The number of hydrogen-bond acceptors (Lipinski definition) is 10. The maximum atomic E-state index is 11.0. The number of rotatable bonds is 5. The zero-order valence-corrected chi connectivity index (χ0v) is 10.4. The molecule has 112 valence electrons. The first kappa shape index (κ1) is 14.6. The third kappa shape index (κ3) is 2.87. The van der Waals surface area contributed by atoms with Gasteiger partial charge in [-0.15, -0.1) is 5.10 Å². The first-order chi connectivity index (χ1) is 10.4. The molecule has 0 aliphatic carbocycles. The number of nitrogens with zero attached hydrogens (tertiary/aromatic N) is 6. The lowest BCUT2D eigenvalue weighted by Gasteiger charge is -2.05. The van der Waals surface area contributed by atoms with E-state index in [-0.39, 0.29) is 5.88 Å². The number of hydrogen-bond donors (Lipinski definition) is 0. The van der Waals surface area contributed by atoms with Crippen LogP contribution in [0.5, 0.6) is 11.6 Å². The second-order valence-electron chi connectivity index (χ2n) is 3.65. The molecule has 1 aromatic heterocycles. The van der Waals surface area contributed by atoms with Gasteiger partial charge in [0.1, 0.15) is 0 Å². The average molecular weight is 308 g/mol. The van der Waals surface area contributed by atoms with Crippen LogP contribution in [0.3, 0.4) is 0 Å². The normalized spacial score (nSPS) is 10.0. The molecule has 0 aliphatic rings. The Labute approximate surface area is 119 Å². The van der Waals surface area contributed by atoms with Gasteiger partial charge in [0.2, 0.25) is 5.88 Å². The fourth-order valence-electron chi connectivity index (χ4n) is 1.45. The molecule has 0 bridgehead atoms. The van der Waals surface area contributed by atoms with Gasteiger partial charge in [0.15, 0.2) is 0 Å². The van der Waals surface area contributed by atoms with Crippen LogP contribution in [0.15, 0.2) is 24.4 Å². The molecule has 0 aliphatic heterocycles. The maximum absolute atomic E-state index is 11.0. The molecule has 0 saturated heterocycles. The van der Waals surface area contributed by atoms with Crippen molar-refractivity contribution in [3.63, 3.8) is 0 Å². The topological polar surface area (TPSA) is 177 Å². The number of nitro groups is 3. The molecule has 0 fully saturated rings. The van der Waals surface area contributed by atoms with Crippen molar-refractivity contribution in [2.75, 3.05) is 0 Å². The van der Waals surface area contributed by atoms with E-state index in [1.165, 1.54) is 0 Å². The van der Waals surface area contributed by atoms with Gasteiger partial charge in [-0.25, -0.2) is 0 Å². The molecule has 0 amide bonds. The van der Waals surface area contributed by atoms with E-state index >= 15 is 0 Å². The Hall–Kier alpha value is -3.77. The molecule has 0 N–H and O–H groups in total. The van der Waals surface area contributed by atoms with Crippen LogP contribution >= 0.6 is 0 Å². The Morgan fingerprint density at radius 3 is 1.95 bits per heavy atom. The van der Waals surface area contributed by atoms with Gasteiger partial charge in [0, 0.05) is 6.07 Å². The quantitative estimate of drug-likeness (QED) is 0.578. The lowest BCUT2D eigenvalue weighted by molar-refractivity contribution is -0.404. The predicted molar refractivity (Wildman–Crippen MR) is 66.3 cm³/mol. The predicted octanol–water partition coefficient (Wildman–Crippen LogP) is 1.39. The lowest BCUT2D eigenvalue weighted by Crippen LogP contribution is -2.02. The first-order valence-electron chi connectivity index (χ1n) is 5.33. The Kier molecular flexibility index (Phi) is 3.79. The van der Waals surface area contributed by atoms with Gasteiger partial charge in [-0.05, 0) is 5.21 Å². The van der Waals surface area contributed by atoms with E-state index in [1.807, 2.05) is 0 Å². The second kappa shape index (κ2) is 5.70. The van der Waals surface area contributed by atoms with Crippen LogP contribution in [0.4, 0.5) is 17.1 Å². The summed E-state index contributed by atoms with van der Waals surface area (Å²) in [6, 6.07) is 2.26. The van der Waals surface area contributed by atoms with E-state index in [2.05, 4.69) is 15.4 Å². The Bertz CT molecular complexity index is 729. The summed E-state index contributed by atoms with van der Waals surface area (Å²) in [5.74, 6) is -1.09. The van der Waals surface area contributed by atoms with Gasteiger partial charge in [0.25, 0.3) is 11.4 Å². The lowest BCUT2D eigenvalue weighted by atomic mass is 10.2. The minimum Gasteiger partial charge on any atom is -0.423 e. The van der Waals surface area contributed by atoms with Crippen LogP contribution in [0, 0.1) is 30.3 Å². The van der Waals surface area contributed by atoms with Gasteiger partial charge < -0.3 is 4.74 Å². The van der Waals surface area contributed by atoms with Crippen LogP contribution in [0.2, 0.25) is 0 Å². The molecule has 2 aromatic rings. The van der Waals surface area contributed by atoms with E-state index in [9.17, 15) is 30.3 Å². The van der Waals surface area contributed by atoms with E-state index in [0.717, 1.165) is 12.3 Å². The zero-order chi connectivity index (χ0) is 16.3. The summed E-state index contributed by atoms with van der Waals surface area (Å²) in [4.78, 5) is 29.6. The summed E-state index contributed by atoms with van der Waals surface area (Å²) in [7, 11) is 0. The third-order valence-corrected chi connectivity index (χ3v) is 2.32. The fourth-order valence-corrected chi connectivity index (χ4v) is 1.45. The van der Waals surface area contributed by atoms with E-state index in [1.54, 1.807) is 0 Å². The van der Waals surface area contributed by atoms with Crippen molar-refractivity contribution < 1.29 is 19.5 Å². The highest BCUT2D eigenvalue weighted by Gasteiger charge is 2.32. The molecule has 13 heteroatoms. The van der Waals surface area contributed by atoms with E-state index in [4.69, 9.17) is 4.74 Å². The number of ether oxygens (including phenoxy) is 1. The Balaban J connectivity index is 2.66. The van der Waals surface area contributed by atoms with Crippen LogP contribution in [-0.4, -0.2) is 30.2 Å². The van der Waals surface area contributed by atoms with E-state index in [0.29, 0.717) is 12.1 Å². The van der Waals surface area contributed by atoms with Crippen molar-refractivity contribution in [2.45, 2.75) is 0 Å². The molecule has 0 atom stereocenters. The monoisotopic (exact) mass is 308 g/mol. The molecule has 1 aromatic carbocycles. The van der Waals surface area contributed by atoms with Crippen LogP contribution in [0.1, 0.15) is 0 Å². The standard InChI is InChI=1S/C9H4N6O7/c16-13(17)5-3-6(14(18)19)9(7(4-5)15(20)21)22-8-1-2-10-12-11-8/h1-4H. The molecule has 22 heavy (non-hydrogen) atoms. The number of nitro benzene ring substituents is 3. The molecule has 1 heterocycles. The summed E-state index contributed by atoms with van der Waals surface area (Å²) >= 11 is 0. The van der Waals surface area contributed by atoms with Crippen molar-refractivity contribution >= 4 is 17.1 Å². The summed E-state index contributed by atoms with van der Waals surface area (Å²) in [6.07, 6.45) is 1.14. The molecule has 0 spiro atoms. The molecular formula is C9H4N6O7. The van der Waals surface area contributed by atoms with Crippen molar-refractivity contribution in [1.82, 2.24) is 15.4 Å². The number of aromatic nitrogens is 3. The molecule has 13 nitrogen and oxygen atoms in total. The minimum absolute atomic E-state index is 0.296. The van der Waals surface area contributed by atoms with Gasteiger partial charge in [0.05, 0.1) is 33.1 Å².